The van der Waals surface area contributed by atoms with Crippen LogP contribution in [0.15, 0.2) is 0 Å². The van der Waals surface area contributed by atoms with Crippen molar-refractivity contribution in [2.24, 2.45) is 11.8 Å². The minimum atomic E-state index is 0.795. The van der Waals surface area contributed by atoms with E-state index in [-0.39, 0.29) is 0 Å². The lowest BCUT2D eigenvalue weighted by molar-refractivity contribution is 0.231. The fourth-order valence-electron chi connectivity index (χ4n) is 2.08. The van der Waals surface area contributed by atoms with E-state index in [0.29, 0.717) is 0 Å². The van der Waals surface area contributed by atoms with Gasteiger partial charge in [-0.05, 0) is 31.2 Å². The lowest BCUT2D eigenvalue weighted by Gasteiger charge is -2.33. The average Bonchev–Trinajstić information content (AvgIpc) is 1.98. The van der Waals surface area contributed by atoms with Crippen LogP contribution >= 0.6 is 0 Å². The lowest BCUT2D eigenvalue weighted by Crippen LogP contribution is -2.39. The van der Waals surface area contributed by atoms with Gasteiger partial charge in [-0.15, -0.1) is 0 Å². The Morgan fingerprint density at radius 3 is 2.64 bits per heavy atom. The van der Waals surface area contributed by atoms with E-state index in [9.17, 15) is 0 Å². The van der Waals surface area contributed by atoms with Gasteiger partial charge < -0.3 is 5.32 Å². The van der Waals surface area contributed by atoms with Crippen LogP contribution < -0.4 is 5.32 Å². The van der Waals surface area contributed by atoms with Crippen molar-refractivity contribution in [2.45, 2.75) is 46.1 Å². The van der Waals surface area contributed by atoms with E-state index in [0.717, 1.165) is 24.4 Å². The van der Waals surface area contributed by atoms with Gasteiger partial charge in [-0.1, -0.05) is 27.2 Å². The van der Waals surface area contributed by atoms with Gasteiger partial charge in [0.1, 0.15) is 0 Å². The maximum Gasteiger partial charge on any atom is 0.00951 e. The zero-order valence-corrected chi connectivity index (χ0v) is 8.06. The van der Waals surface area contributed by atoms with Gasteiger partial charge in [-0.3, -0.25) is 0 Å². The molecule has 0 aromatic rings. The summed E-state index contributed by atoms with van der Waals surface area (Å²) in [5.74, 6) is 1.83. The van der Waals surface area contributed by atoms with Crippen LogP contribution in [0.3, 0.4) is 0 Å². The smallest absolute Gasteiger partial charge is 0.00951 e. The van der Waals surface area contributed by atoms with Crippen LogP contribution in [0.2, 0.25) is 0 Å². The number of nitrogens with one attached hydrogen (secondary N) is 1. The molecular weight excluding hydrogens is 134 g/mol. The van der Waals surface area contributed by atoms with Crippen molar-refractivity contribution in [1.29, 1.82) is 0 Å². The second-order valence-electron chi connectivity index (χ2n) is 4.06. The molecule has 0 aliphatic heterocycles. The van der Waals surface area contributed by atoms with Crippen LogP contribution in [0.25, 0.3) is 0 Å². The molecule has 1 nitrogen and oxygen atoms in total. The van der Waals surface area contributed by atoms with Crippen molar-refractivity contribution in [3.8, 4) is 0 Å². The molecule has 0 aromatic heterocycles. The lowest BCUT2D eigenvalue weighted by atomic mass is 9.80. The van der Waals surface area contributed by atoms with E-state index in [1.165, 1.54) is 19.3 Å². The molecule has 3 atom stereocenters. The number of rotatable bonds is 2. The third-order valence-electron chi connectivity index (χ3n) is 2.92. The fourth-order valence-corrected chi connectivity index (χ4v) is 2.08. The summed E-state index contributed by atoms with van der Waals surface area (Å²) >= 11 is 0. The molecule has 1 N–H and O–H groups in total. The second kappa shape index (κ2) is 4.10. The molecule has 1 rings (SSSR count). The minimum absolute atomic E-state index is 0.795. The Morgan fingerprint density at radius 1 is 1.27 bits per heavy atom. The summed E-state index contributed by atoms with van der Waals surface area (Å²) in [6, 6.07) is 0.795. The van der Waals surface area contributed by atoms with Crippen molar-refractivity contribution in [2.75, 3.05) is 6.54 Å². The van der Waals surface area contributed by atoms with Gasteiger partial charge in [0, 0.05) is 6.04 Å². The minimum Gasteiger partial charge on any atom is -0.314 e. The summed E-state index contributed by atoms with van der Waals surface area (Å²) in [6.45, 7) is 8.07. The molecule has 0 radical (unpaired) electrons. The normalized spacial score (nSPS) is 39.0. The molecular formula is C10H21N. The monoisotopic (exact) mass is 155 g/mol. The Balaban J connectivity index is 2.34. The van der Waals surface area contributed by atoms with E-state index >= 15 is 0 Å². The van der Waals surface area contributed by atoms with Gasteiger partial charge in [-0.25, -0.2) is 0 Å². The molecule has 1 aliphatic rings. The molecule has 0 amide bonds. The SMILES string of the molecule is CCNC1CC(C)CCC1C. The van der Waals surface area contributed by atoms with Crippen LogP contribution in [0.1, 0.15) is 40.0 Å². The summed E-state index contributed by atoms with van der Waals surface area (Å²) in [5, 5.41) is 3.56. The summed E-state index contributed by atoms with van der Waals surface area (Å²) < 4.78 is 0. The quantitative estimate of drug-likeness (QED) is 0.645. The van der Waals surface area contributed by atoms with E-state index in [1.807, 2.05) is 0 Å². The third-order valence-corrected chi connectivity index (χ3v) is 2.92. The first-order valence-corrected chi connectivity index (χ1v) is 4.97. The summed E-state index contributed by atoms with van der Waals surface area (Å²) in [7, 11) is 0. The van der Waals surface area contributed by atoms with E-state index in [4.69, 9.17) is 0 Å². The van der Waals surface area contributed by atoms with Crippen LogP contribution in [0.5, 0.6) is 0 Å². The van der Waals surface area contributed by atoms with E-state index < -0.39 is 0 Å². The zero-order valence-electron chi connectivity index (χ0n) is 8.06. The Labute approximate surface area is 70.6 Å². The Bertz CT molecular complexity index is 111. The van der Waals surface area contributed by atoms with Crippen LogP contribution in [0.4, 0.5) is 0 Å². The van der Waals surface area contributed by atoms with E-state index in [1.54, 1.807) is 0 Å². The van der Waals surface area contributed by atoms with Gasteiger partial charge in [0.25, 0.3) is 0 Å². The Hall–Kier alpha value is -0.0400. The highest BCUT2D eigenvalue weighted by Gasteiger charge is 2.23. The topological polar surface area (TPSA) is 12.0 Å². The molecule has 0 spiro atoms. The molecule has 1 heteroatoms. The highest BCUT2D eigenvalue weighted by atomic mass is 14.9. The molecule has 0 saturated heterocycles. The maximum absolute atomic E-state index is 3.56. The van der Waals surface area contributed by atoms with Crippen molar-refractivity contribution in [3.05, 3.63) is 0 Å². The first-order valence-electron chi connectivity index (χ1n) is 4.97. The standard InChI is InChI=1S/C10H21N/c1-4-11-10-7-8(2)5-6-9(10)3/h8-11H,4-7H2,1-3H3. The predicted octanol–water partition coefficient (Wildman–Crippen LogP) is 2.42. The highest BCUT2D eigenvalue weighted by Crippen LogP contribution is 2.28. The second-order valence-corrected chi connectivity index (χ2v) is 4.06. The first-order chi connectivity index (χ1) is 5.24. The molecule has 0 bridgehead atoms. The van der Waals surface area contributed by atoms with Gasteiger partial charge in [-0.2, -0.15) is 0 Å². The Morgan fingerprint density at radius 2 is 2.00 bits per heavy atom. The largest absolute Gasteiger partial charge is 0.314 e. The van der Waals surface area contributed by atoms with Crippen LogP contribution in [0, 0.1) is 11.8 Å². The van der Waals surface area contributed by atoms with E-state index in [2.05, 4.69) is 26.1 Å². The molecule has 1 saturated carbocycles. The van der Waals surface area contributed by atoms with Crippen molar-refractivity contribution in [3.63, 3.8) is 0 Å². The molecule has 1 fully saturated rings. The fraction of sp³-hybridized carbons (Fsp3) is 1.00. The van der Waals surface area contributed by atoms with Gasteiger partial charge in [0.15, 0.2) is 0 Å². The van der Waals surface area contributed by atoms with Crippen LogP contribution in [-0.2, 0) is 0 Å². The average molecular weight is 155 g/mol. The molecule has 11 heavy (non-hydrogen) atoms. The van der Waals surface area contributed by atoms with Crippen molar-refractivity contribution < 1.29 is 0 Å². The van der Waals surface area contributed by atoms with Gasteiger partial charge in [0.05, 0.1) is 0 Å². The van der Waals surface area contributed by atoms with Gasteiger partial charge in [0.2, 0.25) is 0 Å². The van der Waals surface area contributed by atoms with Crippen molar-refractivity contribution in [1.82, 2.24) is 5.32 Å². The Kier molecular flexibility index (Phi) is 3.38. The maximum atomic E-state index is 3.56. The predicted molar refractivity (Wildman–Crippen MR) is 49.6 cm³/mol. The zero-order chi connectivity index (χ0) is 8.27. The molecule has 1 aliphatic carbocycles. The van der Waals surface area contributed by atoms with Gasteiger partial charge >= 0.3 is 0 Å². The number of hydrogen-bond acceptors (Lipinski definition) is 1. The highest BCUT2D eigenvalue weighted by molar-refractivity contribution is 4.80. The van der Waals surface area contributed by atoms with Crippen LogP contribution in [-0.4, -0.2) is 12.6 Å². The number of hydrogen-bond donors (Lipinski definition) is 1. The summed E-state index contributed by atoms with van der Waals surface area (Å²) in [4.78, 5) is 0. The molecule has 0 aromatic carbocycles. The molecule has 0 heterocycles. The first kappa shape index (κ1) is 9.05. The summed E-state index contributed by atoms with van der Waals surface area (Å²) in [5.41, 5.74) is 0. The molecule has 3 unspecified atom stereocenters. The van der Waals surface area contributed by atoms with Crippen molar-refractivity contribution >= 4 is 0 Å². The summed E-state index contributed by atoms with van der Waals surface area (Å²) in [6.07, 6.45) is 4.23. The third kappa shape index (κ3) is 2.48. The molecule has 66 valence electrons.